The molecule has 0 spiro atoms. The summed E-state index contributed by atoms with van der Waals surface area (Å²) >= 11 is 5.04. The Morgan fingerprint density at radius 2 is 1.96 bits per heavy atom. The third-order valence-corrected chi connectivity index (χ3v) is 5.64. The summed E-state index contributed by atoms with van der Waals surface area (Å²) in [6.07, 6.45) is 0. The van der Waals surface area contributed by atoms with Crippen molar-refractivity contribution in [3.05, 3.63) is 56.3 Å². The number of hydrogen-bond donors (Lipinski definition) is 2. The summed E-state index contributed by atoms with van der Waals surface area (Å²) in [7, 11) is 0. The molecule has 1 aromatic carbocycles. The number of thiazole rings is 1. The second-order valence-corrected chi connectivity index (χ2v) is 7.69. The van der Waals surface area contributed by atoms with Crippen LogP contribution in [0.5, 0.6) is 0 Å². The lowest BCUT2D eigenvalue weighted by atomic mass is 10.2. The van der Waals surface area contributed by atoms with Crippen LogP contribution in [0.4, 0.5) is 5.13 Å². The quantitative estimate of drug-likeness (QED) is 0.558. The van der Waals surface area contributed by atoms with E-state index in [1.54, 1.807) is 23.5 Å². The Bertz CT molecular complexity index is 862. The third kappa shape index (κ3) is 4.19. The lowest BCUT2D eigenvalue weighted by Gasteiger charge is -2.06. The molecular weight excluding hydrogens is 457 g/mol. The fraction of sp³-hybridized carbons (Fsp3) is 0.0625. The van der Waals surface area contributed by atoms with Crippen LogP contribution >= 0.6 is 45.3 Å². The summed E-state index contributed by atoms with van der Waals surface area (Å²) in [6, 6.07) is 11.2. The van der Waals surface area contributed by atoms with Gasteiger partial charge in [0.2, 0.25) is 5.91 Å². The molecule has 0 saturated heterocycles. The molecule has 0 aliphatic rings. The van der Waals surface area contributed by atoms with Gasteiger partial charge in [0.25, 0.3) is 5.91 Å². The molecular formula is C16H12IN3O2S2. The largest absolute Gasteiger partial charge is 0.343 e. The molecule has 24 heavy (non-hydrogen) atoms. The first-order valence-corrected chi connectivity index (χ1v) is 9.79. The molecule has 0 saturated carbocycles. The number of amides is 2. The summed E-state index contributed by atoms with van der Waals surface area (Å²) in [4.78, 5) is 29.5. The lowest BCUT2D eigenvalue weighted by Crippen LogP contribution is -2.33. The summed E-state index contributed by atoms with van der Waals surface area (Å²) in [6.45, 7) is -0.0995. The number of nitrogens with zero attached hydrogens (tertiary/aromatic N) is 1. The second kappa shape index (κ2) is 7.86. The van der Waals surface area contributed by atoms with Gasteiger partial charge >= 0.3 is 0 Å². The Morgan fingerprint density at radius 3 is 2.71 bits per heavy atom. The minimum atomic E-state index is -0.304. The van der Waals surface area contributed by atoms with Crippen LogP contribution in [0, 0.1) is 3.57 Å². The maximum atomic E-state index is 12.1. The highest BCUT2D eigenvalue weighted by atomic mass is 127. The first kappa shape index (κ1) is 17.1. The number of benzene rings is 1. The number of nitrogens with one attached hydrogen (secondary N) is 2. The molecule has 0 fully saturated rings. The molecule has 2 amide bonds. The van der Waals surface area contributed by atoms with E-state index >= 15 is 0 Å². The Morgan fingerprint density at radius 1 is 1.12 bits per heavy atom. The molecule has 5 nitrogen and oxygen atoms in total. The molecule has 3 rings (SSSR count). The summed E-state index contributed by atoms with van der Waals surface area (Å²) in [5.41, 5.74) is 1.40. The molecule has 0 atom stereocenters. The Balaban J connectivity index is 1.55. The van der Waals surface area contributed by atoms with Gasteiger partial charge in [-0.05, 0) is 46.2 Å². The first-order valence-electron chi connectivity index (χ1n) is 6.95. The van der Waals surface area contributed by atoms with Gasteiger partial charge in [-0.2, -0.15) is 0 Å². The second-order valence-electron chi connectivity index (χ2n) is 4.73. The van der Waals surface area contributed by atoms with Crippen molar-refractivity contribution in [2.75, 3.05) is 11.9 Å². The van der Waals surface area contributed by atoms with Crippen molar-refractivity contribution in [3.63, 3.8) is 0 Å². The van der Waals surface area contributed by atoms with Crippen molar-refractivity contribution in [2.45, 2.75) is 0 Å². The predicted octanol–water partition coefficient (Wildman–Crippen LogP) is 3.84. The van der Waals surface area contributed by atoms with E-state index in [0.29, 0.717) is 10.7 Å². The molecule has 0 unspecified atom stereocenters. The molecule has 8 heteroatoms. The van der Waals surface area contributed by atoms with Crippen LogP contribution in [0.3, 0.4) is 0 Å². The van der Waals surface area contributed by atoms with Crippen LogP contribution in [0.2, 0.25) is 0 Å². The number of carbonyl (C=O) groups is 2. The van der Waals surface area contributed by atoms with Gasteiger partial charge in [-0.1, -0.05) is 18.2 Å². The molecule has 0 aliphatic carbocycles. The Labute approximate surface area is 160 Å². The highest BCUT2D eigenvalue weighted by Crippen LogP contribution is 2.28. The third-order valence-electron chi connectivity index (χ3n) is 3.05. The van der Waals surface area contributed by atoms with Crippen LogP contribution in [0.1, 0.15) is 10.4 Å². The monoisotopic (exact) mass is 469 g/mol. The van der Waals surface area contributed by atoms with Crippen molar-refractivity contribution in [1.82, 2.24) is 10.3 Å². The van der Waals surface area contributed by atoms with E-state index in [9.17, 15) is 9.59 Å². The van der Waals surface area contributed by atoms with E-state index in [2.05, 4.69) is 38.2 Å². The number of carbonyl (C=O) groups excluding carboxylic acids is 2. The van der Waals surface area contributed by atoms with Crippen LogP contribution in [0.15, 0.2) is 47.2 Å². The number of rotatable bonds is 5. The van der Waals surface area contributed by atoms with E-state index in [-0.39, 0.29) is 18.4 Å². The standard InChI is InChI=1S/C16H12IN3O2S2/c17-11-5-2-1-4-10(11)15(22)18-8-14(21)20-16-19-12(9-24-16)13-6-3-7-23-13/h1-7,9H,8H2,(H,18,22)(H,19,20,21). The number of hydrogen-bond acceptors (Lipinski definition) is 5. The first-order chi connectivity index (χ1) is 11.6. The normalized spacial score (nSPS) is 10.4. The van der Waals surface area contributed by atoms with E-state index in [4.69, 9.17) is 0 Å². The molecule has 3 aromatic rings. The number of anilines is 1. The van der Waals surface area contributed by atoms with Crippen molar-refractivity contribution in [2.24, 2.45) is 0 Å². The molecule has 2 aromatic heterocycles. The average Bonchev–Trinajstić information content (AvgIpc) is 3.24. The molecule has 0 aliphatic heterocycles. The zero-order valence-corrected chi connectivity index (χ0v) is 16.1. The SMILES string of the molecule is O=C(CNC(=O)c1ccccc1I)Nc1nc(-c2cccs2)cs1. The van der Waals surface area contributed by atoms with Crippen molar-refractivity contribution in [3.8, 4) is 10.6 Å². The van der Waals surface area contributed by atoms with E-state index < -0.39 is 0 Å². The minimum Gasteiger partial charge on any atom is -0.343 e. The van der Waals surface area contributed by atoms with E-state index in [1.807, 2.05) is 35.0 Å². The number of aromatic nitrogens is 1. The molecule has 0 radical (unpaired) electrons. The predicted molar refractivity (Wildman–Crippen MR) is 106 cm³/mol. The van der Waals surface area contributed by atoms with E-state index in [1.165, 1.54) is 11.3 Å². The van der Waals surface area contributed by atoms with Gasteiger partial charge in [-0.15, -0.1) is 22.7 Å². The average molecular weight is 469 g/mol. The van der Waals surface area contributed by atoms with E-state index in [0.717, 1.165) is 14.1 Å². The van der Waals surface area contributed by atoms with Gasteiger partial charge in [-0.3, -0.25) is 9.59 Å². The number of thiophene rings is 1. The zero-order valence-electron chi connectivity index (χ0n) is 12.3. The molecule has 2 heterocycles. The maximum Gasteiger partial charge on any atom is 0.252 e. The van der Waals surface area contributed by atoms with Crippen LogP contribution in [-0.4, -0.2) is 23.3 Å². The van der Waals surface area contributed by atoms with Crippen LogP contribution in [0.25, 0.3) is 10.6 Å². The smallest absolute Gasteiger partial charge is 0.252 e. The van der Waals surface area contributed by atoms with Gasteiger partial charge in [0, 0.05) is 8.95 Å². The van der Waals surface area contributed by atoms with Gasteiger partial charge in [-0.25, -0.2) is 4.98 Å². The molecule has 2 N–H and O–H groups in total. The Hall–Kier alpha value is -1.78. The highest BCUT2D eigenvalue weighted by molar-refractivity contribution is 14.1. The maximum absolute atomic E-state index is 12.1. The summed E-state index contributed by atoms with van der Waals surface area (Å²) < 4.78 is 0.841. The van der Waals surface area contributed by atoms with Gasteiger partial charge in [0.05, 0.1) is 22.7 Å². The van der Waals surface area contributed by atoms with Crippen LogP contribution < -0.4 is 10.6 Å². The van der Waals surface area contributed by atoms with Gasteiger partial charge in [0.15, 0.2) is 5.13 Å². The van der Waals surface area contributed by atoms with Gasteiger partial charge in [0.1, 0.15) is 0 Å². The topological polar surface area (TPSA) is 71.1 Å². The van der Waals surface area contributed by atoms with Crippen molar-refractivity contribution >= 4 is 62.2 Å². The summed E-state index contributed by atoms with van der Waals surface area (Å²) in [5, 5.41) is 9.71. The highest BCUT2D eigenvalue weighted by Gasteiger charge is 2.12. The molecule has 122 valence electrons. The van der Waals surface area contributed by atoms with Crippen LogP contribution in [-0.2, 0) is 4.79 Å². The Kier molecular flexibility index (Phi) is 5.59. The number of halogens is 1. The minimum absolute atomic E-state index is 0.0995. The van der Waals surface area contributed by atoms with Gasteiger partial charge < -0.3 is 10.6 Å². The lowest BCUT2D eigenvalue weighted by molar-refractivity contribution is -0.115. The van der Waals surface area contributed by atoms with Crippen molar-refractivity contribution < 1.29 is 9.59 Å². The zero-order chi connectivity index (χ0) is 16.9. The fourth-order valence-electron chi connectivity index (χ4n) is 1.93. The summed E-state index contributed by atoms with van der Waals surface area (Å²) in [5.74, 6) is -0.574. The fourth-order valence-corrected chi connectivity index (χ4v) is 4.05. The molecule has 0 bridgehead atoms. The van der Waals surface area contributed by atoms with Crippen molar-refractivity contribution in [1.29, 1.82) is 0 Å².